The Hall–Kier alpha value is -1.88. The molecule has 2 unspecified atom stereocenters. The molecule has 0 aliphatic heterocycles. The molecule has 0 saturated heterocycles. The fraction of sp³-hybridized carbons (Fsp3) is 0.400. The molecule has 5 heteroatoms. The van der Waals surface area contributed by atoms with Crippen molar-refractivity contribution in [3.05, 3.63) is 35.8 Å². The molecule has 1 saturated carbocycles. The first-order valence-electron chi connectivity index (χ1n) is 6.88. The van der Waals surface area contributed by atoms with Crippen molar-refractivity contribution in [1.82, 2.24) is 10.3 Å². The maximum Gasteiger partial charge on any atom is 0.267 e. The Labute approximate surface area is 116 Å². The summed E-state index contributed by atoms with van der Waals surface area (Å²) in [6, 6.07) is 6.00. The molecule has 0 spiro atoms. The monoisotopic (exact) mass is 276 g/mol. The molecule has 1 amide bonds. The number of carbonyl (C=O) groups excluding carboxylic acids is 1. The minimum atomic E-state index is -0.322. The SMILES string of the molecule is O=C(NCC1CCCC1O)c1cc2cc(F)ccc2[nH]1. The van der Waals surface area contributed by atoms with E-state index in [1.54, 1.807) is 12.1 Å². The van der Waals surface area contributed by atoms with Crippen LogP contribution in [-0.2, 0) is 0 Å². The largest absolute Gasteiger partial charge is 0.393 e. The van der Waals surface area contributed by atoms with Gasteiger partial charge in [-0.15, -0.1) is 0 Å². The number of aromatic nitrogens is 1. The zero-order valence-electron chi connectivity index (χ0n) is 11.0. The van der Waals surface area contributed by atoms with Gasteiger partial charge in [0, 0.05) is 23.4 Å². The number of hydrogen-bond donors (Lipinski definition) is 3. The summed E-state index contributed by atoms with van der Waals surface area (Å²) in [7, 11) is 0. The van der Waals surface area contributed by atoms with E-state index < -0.39 is 0 Å². The summed E-state index contributed by atoms with van der Waals surface area (Å²) >= 11 is 0. The van der Waals surface area contributed by atoms with Crippen molar-refractivity contribution >= 4 is 16.8 Å². The third kappa shape index (κ3) is 2.54. The Bertz CT molecular complexity index is 638. The minimum absolute atomic E-state index is 0.140. The molecule has 1 heterocycles. The summed E-state index contributed by atoms with van der Waals surface area (Å²) in [5, 5.41) is 13.2. The molecular formula is C15H17FN2O2. The highest BCUT2D eigenvalue weighted by Crippen LogP contribution is 2.24. The van der Waals surface area contributed by atoms with Crippen molar-refractivity contribution in [2.24, 2.45) is 5.92 Å². The Morgan fingerprint density at radius 2 is 2.25 bits per heavy atom. The van der Waals surface area contributed by atoms with E-state index in [1.165, 1.54) is 12.1 Å². The van der Waals surface area contributed by atoms with E-state index in [1.807, 2.05) is 0 Å². The fourth-order valence-electron chi connectivity index (χ4n) is 2.80. The number of aliphatic hydroxyl groups excluding tert-OH is 1. The number of H-pyrrole nitrogens is 1. The summed E-state index contributed by atoms with van der Waals surface area (Å²) in [6.07, 6.45) is 2.45. The third-order valence-electron chi connectivity index (χ3n) is 3.97. The summed E-state index contributed by atoms with van der Waals surface area (Å²) in [6.45, 7) is 0.476. The quantitative estimate of drug-likeness (QED) is 0.804. The van der Waals surface area contributed by atoms with E-state index in [2.05, 4.69) is 10.3 Å². The highest BCUT2D eigenvalue weighted by atomic mass is 19.1. The average Bonchev–Trinajstić information content (AvgIpc) is 3.01. The lowest BCUT2D eigenvalue weighted by Gasteiger charge is -2.14. The molecular weight excluding hydrogens is 259 g/mol. The summed E-state index contributed by atoms with van der Waals surface area (Å²) in [4.78, 5) is 15.0. The van der Waals surface area contributed by atoms with Gasteiger partial charge in [-0.2, -0.15) is 0 Å². The van der Waals surface area contributed by atoms with Gasteiger partial charge in [0.05, 0.1) is 6.10 Å². The predicted octanol–water partition coefficient (Wildman–Crippen LogP) is 2.20. The molecule has 3 rings (SSSR count). The molecule has 0 radical (unpaired) electrons. The number of amides is 1. The van der Waals surface area contributed by atoms with Crippen LogP contribution in [0.4, 0.5) is 4.39 Å². The van der Waals surface area contributed by atoms with Gasteiger partial charge in [-0.25, -0.2) is 4.39 Å². The standard InChI is InChI=1S/C15H17FN2O2/c16-11-4-5-12-10(6-11)7-13(18-12)15(20)17-8-9-2-1-3-14(9)19/h4-7,9,14,18-19H,1-3,8H2,(H,17,20). The summed E-state index contributed by atoms with van der Waals surface area (Å²) < 4.78 is 13.1. The lowest BCUT2D eigenvalue weighted by atomic mass is 10.1. The van der Waals surface area contributed by atoms with Gasteiger partial charge in [0.1, 0.15) is 11.5 Å². The van der Waals surface area contributed by atoms with Gasteiger partial charge in [-0.3, -0.25) is 4.79 Å². The predicted molar refractivity (Wildman–Crippen MR) is 73.9 cm³/mol. The highest BCUT2D eigenvalue weighted by Gasteiger charge is 2.25. The first-order chi connectivity index (χ1) is 9.63. The Morgan fingerprint density at radius 3 is 3.00 bits per heavy atom. The molecule has 1 aromatic carbocycles. The first kappa shape index (κ1) is 13.1. The van der Waals surface area contributed by atoms with E-state index in [4.69, 9.17) is 0 Å². The van der Waals surface area contributed by atoms with Crippen LogP contribution in [0, 0.1) is 11.7 Å². The van der Waals surface area contributed by atoms with Gasteiger partial charge < -0.3 is 15.4 Å². The number of carbonyl (C=O) groups is 1. The highest BCUT2D eigenvalue weighted by molar-refractivity contribution is 5.97. The second kappa shape index (κ2) is 5.25. The van der Waals surface area contributed by atoms with Crippen LogP contribution in [0.2, 0.25) is 0 Å². The van der Waals surface area contributed by atoms with Crippen molar-refractivity contribution in [3.8, 4) is 0 Å². The molecule has 2 atom stereocenters. The topological polar surface area (TPSA) is 65.1 Å². The number of rotatable bonds is 3. The van der Waals surface area contributed by atoms with E-state index in [0.29, 0.717) is 17.6 Å². The number of fused-ring (bicyclic) bond motifs is 1. The van der Waals surface area contributed by atoms with Gasteiger partial charge in [-0.05, 0) is 37.1 Å². The van der Waals surface area contributed by atoms with E-state index in [9.17, 15) is 14.3 Å². The van der Waals surface area contributed by atoms with E-state index in [0.717, 1.165) is 24.8 Å². The van der Waals surface area contributed by atoms with Crippen molar-refractivity contribution in [1.29, 1.82) is 0 Å². The number of aliphatic hydroxyl groups is 1. The van der Waals surface area contributed by atoms with Crippen LogP contribution in [0.25, 0.3) is 10.9 Å². The number of aromatic amines is 1. The average molecular weight is 276 g/mol. The van der Waals surface area contributed by atoms with E-state index >= 15 is 0 Å². The second-order valence-corrected chi connectivity index (χ2v) is 5.38. The van der Waals surface area contributed by atoms with Gasteiger partial charge in [0.25, 0.3) is 5.91 Å². The van der Waals surface area contributed by atoms with Crippen molar-refractivity contribution in [3.63, 3.8) is 0 Å². The van der Waals surface area contributed by atoms with Crippen molar-refractivity contribution in [2.75, 3.05) is 6.54 Å². The molecule has 1 aromatic heterocycles. The summed E-state index contributed by atoms with van der Waals surface area (Å²) in [5.74, 6) is -0.404. The first-order valence-corrected chi connectivity index (χ1v) is 6.88. The van der Waals surface area contributed by atoms with Crippen LogP contribution < -0.4 is 5.32 Å². The molecule has 4 nitrogen and oxygen atoms in total. The molecule has 3 N–H and O–H groups in total. The molecule has 2 aromatic rings. The lowest BCUT2D eigenvalue weighted by molar-refractivity contribution is 0.0913. The number of benzene rings is 1. The molecule has 1 aliphatic carbocycles. The number of nitrogens with one attached hydrogen (secondary N) is 2. The summed E-state index contributed by atoms with van der Waals surface area (Å²) in [5.41, 5.74) is 1.15. The Morgan fingerprint density at radius 1 is 1.40 bits per heavy atom. The van der Waals surface area contributed by atoms with Crippen LogP contribution in [0.15, 0.2) is 24.3 Å². The van der Waals surface area contributed by atoms with Crippen molar-refractivity contribution < 1.29 is 14.3 Å². The van der Waals surface area contributed by atoms with Crippen LogP contribution in [0.5, 0.6) is 0 Å². The molecule has 1 fully saturated rings. The second-order valence-electron chi connectivity index (χ2n) is 5.38. The normalized spacial score (nSPS) is 22.3. The van der Waals surface area contributed by atoms with Gasteiger partial charge in [0.2, 0.25) is 0 Å². The molecule has 106 valence electrons. The van der Waals surface area contributed by atoms with Crippen molar-refractivity contribution in [2.45, 2.75) is 25.4 Å². The minimum Gasteiger partial charge on any atom is -0.393 e. The third-order valence-corrected chi connectivity index (χ3v) is 3.97. The zero-order valence-corrected chi connectivity index (χ0v) is 11.0. The van der Waals surface area contributed by atoms with Gasteiger partial charge >= 0.3 is 0 Å². The molecule has 20 heavy (non-hydrogen) atoms. The van der Waals surface area contributed by atoms with Crippen LogP contribution in [0.1, 0.15) is 29.8 Å². The maximum absolute atomic E-state index is 13.1. The van der Waals surface area contributed by atoms with Crippen LogP contribution in [0.3, 0.4) is 0 Å². The van der Waals surface area contributed by atoms with E-state index in [-0.39, 0.29) is 23.7 Å². The Balaban J connectivity index is 1.69. The number of halogens is 1. The smallest absolute Gasteiger partial charge is 0.267 e. The number of hydrogen-bond acceptors (Lipinski definition) is 2. The molecule has 1 aliphatic rings. The maximum atomic E-state index is 13.1. The van der Waals surface area contributed by atoms with Gasteiger partial charge in [0.15, 0.2) is 0 Å². The molecule has 0 bridgehead atoms. The Kier molecular flexibility index (Phi) is 3.44. The van der Waals surface area contributed by atoms with Gasteiger partial charge in [-0.1, -0.05) is 6.42 Å². The van der Waals surface area contributed by atoms with Crippen LogP contribution >= 0.6 is 0 Å². The fourth-order valence-corrected chi connectivity index (χ4v) is 2.80. The van der Waals surface area contributed by atoms with Crippen LogP contribution in [-0.4, -0.2) is 28.6 Å². The lowest BCUT2D eigenvalue weighted by Crippen LogP contribution is -2.32. The zero-order chi connectivity index (χ0) is 14.1.